The maximum absolute atomic E-state index is 13.0. The van der Waals surface area contributed by atoms with Gasteiger partial charge in [-0.3, -0.25) is 0 Å². The van der Waals surface area contributed by atoms with E-state index in [9.17, 15) is 13.2 Å². The molecule has 0 radical (unpaired) electrons. The number of alkyl halides is 3. The zero-order valence-corrected chi connectivity index (χ0v) is 14.0. The Balaban J connectivity index is 1.66. The van der Waals surface area contributed by atoms with E-state index in [1.165, 1.54) is 4.52 Å². The molecule has 4 aromatic heterocycles. The number of rotatable bonds is 3. The van der Waals surface area contributed by atoms with Gasteiger partial charge in [-0.1, -0.05) is 0 Å². The molecule has 0 aliphatic heterocycles. The van der Waals surface area contributed by atoms with Crippen LogP contribution in [0.1, 0.15) is 11.4 Å². The normalized spacial score (nSPS) is 12.2. The number of hydrogen-bond acceptors (Lipinski definition) is 5. The van der Waals surface area contributed by atoms with Crippen molar-refractivity contribution < 1.29 is 13.2 Å². The van der Waals surface area contributed by atoms with E-state index in [4.69, 9.17) is 0 Å². The first-order chi connectivity index (χ1) is 11.9. The number of aromatic nitrogens is 6. The zero-order valence-electron chi connectivity index (χ0n) is 12.4. The van der Waals surface area contributed by atoms with E-state index in [2.05, 4.69) is 41.3 Å². The van der Waals surface area contributed by atoms with Gasteiger partial charge in [0, 0.05) is 22.9 Å². The van der Waals surface area contributed by atoms with Gasteiger partial charge in [0.2, 0.25) is 0 Å². The molecule has 128 valence electrons. The topological polar surface area (TPSA) is 72.4 Å². The molecule has 0 fully saturated rings. The summed E-state index contributed by atoms with van der Waals surface area (Å²) < 4.78 is 42.8. The molecule has 0 saturated carbocycles. The molecule has 4 rings (SSSR count). The third kappa shape index (κ3) is 3.02. The van der Waals surface area contributed by atoms with Crippen LogP contribution in [0.5, 0.6) is 0 Å². The second-order valence-corrected chi connectivity index (χ2v) is 6.11. The van der Waals surface area contributed by atoms with E-state index in [-0.39, 0.29) is 18.1 Å². The highest BCUT2D eigenvalue weighted by atomic mass is 79.9. The van der Waals surface area contributed by atoms with Gasteiger partial charge in [-0.15, -0.1) is 0 Å². The number of imidazole rings is 1. The lowest BCUT2D eigenvalue weighted by atomic mass is 10.3. The highest BCUT2D eigenvalue weighted by Gasteiger charge is 2.34. The van der Waals surface area contributed by atoms with E-state index in [0.717, 1.165) is 22.5 Å². The molecule has 1 N–H and O–H groups in total. The fourth-order valence-electron chi connectivity index (χ4n) is 2.37. The molecule has 0 atom stereocenters. The minimum Gasteiger partial charge on any atom is -0.364 e. The largest absolute Gasteiger partial charge is 0.433 e. The predicted octanol–water partition coefficient (Wildman–Crippen LogP) is 3.17. The Morgan fingerprint density at radius 3 is 2.80 bits per heavy atom. The van der Waals surface area contributed by atoms with E-state index in [1.54, 1.807) is 6.20 Å². The number of halogens is 4. The highest BCUT2D eigenvalue weighted by Crippen LogP contribution is 2.29. The number of fused-ring (bicyclic) bond motifs is 2. The molecule has 0 spiro atoms. The van der Waals surface area contributed by atoms with Crippen molar-refractivity contribution in [2.24, 2.45) is 0 Å². The Hall–Kier alpha value is -2.69. The van der Waals surface area contributed by atoms with Gasteiger partial charge in [0.15, 0.2) is 5.69 Å². The zero-order chi connectivity index (χ0) is 17.6. The van der Waals surface area contributed by atoms with E-state index < -0.39 is 11.9 Å². The van der Waals surface area contributed by atoms with E-state index in [1.807, 2.05) is 22.7 Å². The lowest BCUT2D eigenvalue weighted by Crippen LogP contribution is -2.13. The van der Waals surface area contributed by atoms with Crippen molar-refractivity contribution in [3.8, 4) is 0 Å². The summed E-state index contributed by atoms with van der Waals surface area (Å²) in [4.78, 5) is 11.6. The van der Waals surface area contributed by atoms with Crippen LogP contribution in [0.25, 0.3) is 11.4 Å². The van der Waals surface area contributed by atoms with Gasteiger partial charge in [0.25, 0.3) is 5.78 Å². The maximum atomic E-state index is 13.0. The van der Waals surface area contributed by atoms with Crippen LogP contribution >= 0.6 is 15.9 Å². The Morgan fingerprint density at radius 1 is 1.16 bits per heavy atom. The van der Waals surface area contributed by atoms with Crippen LogP contribution in [-0.2, 0) is 12.7 Å². The van der Waals surface area contributed by atoms with Crippen molar-refractivity contribution in [2.45, 2.75) is 12.7 Å². The number of nitrogens with zero attached hydrogens (tertiary/aromatic N) is 6. The van der Waals surface area contributed by atoms with Gasteiger partial charge in [0.05, 0.1) is 12.2 Å². The third-order valence-corrected chi connectivity index (χ3v) is 3.93. The van der Waals surface area contributed by atoms with Crippen LogP contribution in [0, 0.1) is 0 Å². The molecule has 4 aromatic rings. The summed E-state index contributed by atoms with van der Waals surface area (Å²) in [5, 5.41) is 6.80. The van der Waals surface area contributed by atoms with Crippen LogP contribution in [0.15, 0.2) is 41.4 Å². The molecule has 0 bridgehead atoms. The van der Waals surface area contributed by atoms with Crippen LogP contribution in [0.4, 0.5) is 19.0 Å². The average molecular weight is 412 g/mol. The minimum absolute atomic E-state index is 0.128. The molecule has 0 aliphatic rings. The molecule has 0 unspecified atom stereocenters. The number of hydrogen-bond donors (Lipinski definition) is 1. The number of nitrogens with one attached hydrogen (secondary N) is 1. The van der Waals surface area contributed by atoms with Crippen molar-refractivity contribution >= 4 is 33.2 Å². The second-order valence-electron chi connectivity index (χ2n) is 5.19. The Morgan fingerprint density at radius 2 is 2.00 bits per heavy atom. The van der Waals surface area contributed by atoms with Gasteiger partial charge in [0.1, 0.15) is 17.8 Å². The first-order valence-corrected chi connectivity index (χ1v) is 7.84. The number of pyridine rings is 1. The molecule has 25 heavy (non-hydrogen) atoms. The number of anilines is 1. The van der Waals surface area contributed by atoms with Crippen molar-refractivity contribution in [3.63, 3.8) is 0 Å². The molecule has 11 heteroatoms. The molecule has 0 saturated heterocycles. The minimum atomic E-state index is -4.57. The Kier molecular flexibility index (Phi) is 3.60. The molecule has 0 aromatic carbocycles. The van der Waals surface area contributed by atoms with E-state index in [0.29, 0.717) is 5.69 Å². The van der Waals surface area contributed by atoms with Gasteiger partial charge in [-0.2, -0.15) is 27.8 Å². The first kappa shape index (κ1) is 15.8. The first-order valence-electron chi connectivity index (χ1n) is 7.05. The lowest BCUT2D eigenvalue weighted by Gasteiger charge is -2.10. The summed E-state index contributed by atoms with van der Waals surface area (Å²) in [5.41, 5.74) is 0.364. The Labute approximate surface area is 146 Å². The van der Waals surface area contributed by atoms with Crippen LogP contribution in [0.3, 0.4) is 0 Å². The molecule has 7 nitrogen and oxygen atoms in total. The van der Waals surface area contributed by atoms with Gasteiger partial charge >= 0.3 is 6.18 Å². The highest BCUT2D eigenvalue weighted by molar-refractivity contribution is 9.10. The van der Waals surface area contributed by atoms with Crippen LogP contribution in [0.2, 0.25) is 0 Å². The fraction of sp³-hybridized carbons (Fsp3) is 0.143. The summed E-state index contributed by atoms with van der Waals surface area (Å²) in [6.45, 7) is 0.218. The van der Waals surface area contributed by atoms with Crippen LogP contribution < -0.4 is 5.32 Å². The van der Waals surface area contributed by atoms with Gasteiger partial charge < -0.3 is 9.72 Å². The molecule has 4 heterocycles. The average Bonchev–Trinajstić information content (AvgIpc) is 3.17. The second kappa shape index (κ2) is 5.69. The monoisotopic (exact) mass is 411 g/mol. The SMILES string of the molecule is FC(F)(F)c1cc(NCc2cn3cc(Br)ccc3n2)n2ncnc2n1. The third-order valence-electron chi connectivity index (χ3n) is 3.46. The van der Waals surface area contributed by atoms with Crippen LogP contribution in [-0.4, -0.2) is 29.0 Å². The van der Waals surface area contributed by atoms with Crippen molar-refractivity contribution in [1.29, 1.82) is 0 Å². The molecule has 0 aliphatic carbocycles. The van der Waals surface area contributed by atoms with Crippen molar-refractivity contribution in [1.82, 2.24) is 29.0 Å². The van der Waals surface area contributed by atoms with Crippen molar-refractivity contribution in [2.75, 3.05) is 5.32 Å². The summed E-state index contributed by atoms with van der Waals surface area (Å²) in [7, 11) is 0. The van der Waals surface area contributed by atoms with E-state index >= 15 is 0 Å². The Bertz CT molecular complexity index is 1070. The standard InChI is InChI=1S/C14H9BrF3N7/c15-8-1-2-11-22-9(6-24(11)5-8)4-19-12-3-10(14(16,17)18)23-13-20-7-21-25(12)13/h1-3,5-7,19H,4H2. The summed E-state index contributed by atoms with van der Waals surface area (Å²) in [6, 6.07) is 4.59. The van der Waals surface area contributed by atoms with Gasteiger partial charge in [-0.05, 0) is 28.1 Å². The maximum Gasteiger partial charge on any atom is 0.433 e. The lowest BCUT2D eigenvalue weighted by molar-refractivity contribution is -0.141. The predicted molar refractivity (Wildman–Crippen MR) is 86.0 cm³/mol. The quantitative estimate of drug-likeness (QED) is 0.560. The molecular weight excluding hydrogens is 403 g/mol. The van der Waals surface area contributed by atoms with Gasteiger partial charge in [-0.25, -0.2) is 9.97 Å². The smallest absolute Gasteiger partial charge is 0.364 e. The fourth-order valence-corrected chi connectivity index (χ4v) is 2.72. The summed E-state index contributed by atoms with van der Waals surface area (Å²) in [6.07, 6.45) is 0.211. The molecular formula is C14H9BrF3N7. The summed E-state index contributed by atoms with van der Waals surface area (Å²) >= 11 is 3.37. The molecule has 0 amide bonds. The van der Waals surface area contributed by atoms with Crippen molar-refractivity contribution in [3.05, 3.63) is 52.8 Å². The summed E-state index contributed by atoms with van der Waals surface area (Å²) in [5.74, 6) is 0.00400.